The first-order chi connectivity index (χ1) is 5.33. The van der Waals surface area contributed by atoms with Crippen molar-refractivity contribution < 1.29 is 0 Å². The second kappa shape index (κ2) is 4.33. The second-order valence-electron chi connectivity index (χ2n) is 1.99. The molecule has 0 aromatic heterocycles. The van der Waals surface area contributed by atoms with Gasteiger partial charge in [0.2, 0.25) is 0 Å². The van der Waals surface area contributed by atoms with E-state index in [1.165, 1.54) is 0 Å². The Morgan fingerprint density at radius 1 is 1.45 bits per heavy atom. The van der Waals surface area contributed by atoms with E-state index in [0.717, 1.165) is 10.5 Å². The van der Waals surface area contributed by atoms with Crippen molar-refractivity contribution in [2.75, 3.05) is 5.88 Å². The molecule has 1 rings (SSSR count). The van der Waals surface area contributed by atoms with Gasteiger partial charge in [-0.3, -0.25) is 0 Å². The zero-order chi connectivity index (χ0) is 8.10. The molecule has 0 bridgehead atoms. The summed E-state index contributed by atoms with van der Waals surface area (Å²) in [5.74, 6) is 6.05. The number of hydrogen-bond acceptors (Lipinski definition) is 1. The summed E-state index contributed by atoms with van der Waals surface area (Å²) in [5.41, 5.74) is 0.957. The minimum absolute atomic E-state index is 0.372. The van der Waals surface area contributed by atoms with E-state index in [2.05, 4.69) is 24.5 Å². The van der Waals surface area contributed by atoms with E-state index >= 15 is 0 Å². The van der Waals surface area contributed by atoms with Crippen LogP contribution in [0.2, 0.25) is 0 Å². The summed E-state index contributed by atoms with van der Waals surface area (Å²) >= 11 is 9.57. The molecule has 0 spiro atoms. The van der Waals surface area contributed by atoms with E-state index in [1.807, 2.05) is 24.3 Å². The molecule has 1 aromatic carbocycles. The lowest BCUT2D eigenvalue weighted by atomic mass is 10.2. The SMILES string of the molecule is Sc1cccc(C#CCCl)c1. The summed E-state index contributed by atoms with van der Waals surface area (Å²) < 4.78 is 0. The predicted molar refractivity (Wildman–Crippen MR) is 51.3 cm³/mol. The Labute approximate surface area is 77.0 Å². The Morgan fingerprint density at radius 2 is 2.27 bits per heavy atom. The van der Waals surface area contributed by atoms with Crippen LogP contribution in [0.4, 0.5) is 0 Å². The van der Waals surface area contributed by atoms with Crippen LogP contribution in [-0.2, 0) is 0 Å². The molecule has 1 aromatic rings. The van der Waals surface area contributed by atoms with Gasteiger partial charge in [-0.1, -0.05) is 17.9 Å². The molecule has 56 valence electrons. The smallest absolute Gasteiger partial charge is 0.0839 e. The first-order valence-electron chi connectivity index (χ1n) is 3.17. The minimum atomic E-state index is 0.372. The Bertz CT molecular complexity index is 296. The van der Waals surface area contributed by atoms with E-state index in [9.17, 15) is 0 Å². The number of halogens is 1. The van der Waals surface area contributed by atoms with Gasteiger partial charge in [-0.05, 0) is 18.2 Å². The molecule has 0 aliphatic rings. The Balaban J connectivity index is 2.87. The van der Waals surface area contributed by atoms with Gasteiger partial charge in [-0.25, -0.2) is 0 Å². The third kappa shape index (κ3) is 2.88. The molecule has 0 heterocycles. The monoisotopic (exact) mass is 182 g/mol. The molecule has 0 atom stereocenters. The van der Waals surface area contributed by atoms with Crippen molar-refractivity contribution >= 4 is 24.2 Å². The van der Waals surface area contributed by atoms with E-state index in [0.29, 0.717) is 5.88 Å². The van der Waals surface area contributed by atoms with E-state index < -0.39 is 0 Å². The maximum Gasteiger partial charge on any atom is 0.0839 e. The molecule has 0 nitrogen and oxygen atoms in total. The van der Waals surface area contributed by atoms with Gasteiger partial charge >= 0.3 is 0 Å². The van der Waals surface area contributed by atoms with Crippen LogP contribution in [0.25, 0.3) is 0 Å². The summed E-state index contributed by atoms with van der Waals surface area (Å²) in [6, 6.07) is 7.66. The summed E-state index contributed by atoms with van der Waals surface area (Å²) in [5, 5.41) is 0. The van der Waals surface area contributed by atoms with Crippen LogP contribution in [0, 0.1) is 11.8 Å². The second-order valence-corrected chi connectivity index (χ2v) is 2.77. The van der Waals surface area contributed by atoms with Gasteiger partial charge in [-0.15, -0.1) is 24.2 Å². The zero-order valence-electron chi connectivity index (χ0n) is 5.84. The van der Waals surface area contributed by atoms with Crippen molar-refractivity contribution in [3.8, 4) is 11.8 Å². The number of benzene rings is 1. The molecule has 0 unspecified atom stereocenters. The first kappa shape index (κ1) is 8.52. The molecule has 0 radical (unpaired) electrons. The maximum absolute atomic E-state index is 5.40. The lowest BCUT2D eigenvalue weighted by molar-refractivity contribution is 1.45. The van der Waals surface area contributed by atoms with Crippen LogP contribution in [-0.4, -0.2) is 5.88 Å². The highest BCUT2D eigenvalue weighted by Gasteiger charge is 1.85. The van der Waals surface area contributed by atoms with Gasteiger partial charge in [0.15, 0.2) is 0 Å². The van der Waals surface area contributed by atoms with E-state index in [1.54, 1.807) is 0 Å². The number of rotatable bonds is 0. The number of thiol groups is 1. The predicted octanol–water partition coefficient (Wildman–Crippen LogP) is 2.57. The van der Waals surface area contributed by atoms with Crippen LogP contribution >= 0.6 is 24.2 Å². The van der Waals surface area contributed by atoms with E-state index in [-0.39, 0.29) is 0 Å². The van der Waals surface area contributed by atoms with Gasteiger partial charge in [0.05, 0.1) is 5.88 Å². The van der Waals surface area contributed by atoms with Crippen molar-refractivity contribution in [3.63, 3.8) is 0 Å². The third-order valence-corrected chi connectivity index (χ3v) is 1.56. The van der Waals surface area contributed by atoms with Crippen molar-refractivity contribution in [2.24, 2.45) is 0 Å². The normalized spacial score (nSPS) is 8.55. The molecule has 0 aliphatic heterocycles. The molecule has 0 N–H and O–H groups in total. The topological polar surface area (TPSA) is 0 Å². The van der Waals surface area contributed by atoms with Crippen molar-refractivity contribution in [1.82, 2.24) is 0 Å². The lowest BCUT2D eigenvalue weighted by Crippen LogP contribution is -1.73. The summed E-state index contributed by atoms with van der Waals surface area (Å²) in [7, 11) is 0. The van der Waals surface area contributed by atoms with Gasteiger partial charge in [0.1, 0.15) is 0 Å². The van der Waals surface area contributed by atoms with Crippen molar-refractivity contribution in [3.05, 3.63) is 29.8 Å². The third-order valence-electron chi connectivity index (χ3n) is 1.15. The molecule has 0 amide bonds. The fourth-order valence-corrected chi connectivity index (χ4v) is 1.01. The maximum atomic E-state index is 5.40. The molecule has 0 fully saturated rings. The number of hydrogen-bond donors (Lipinski definition) is 1. The van der Waals surface area contributed by atoms with Crippen LogP contribution in [0.15, 0.2) is 29.2 Å². The van der Waals surface area contributed by atoms with Gasteiger partial charge in [0.25, 0.3) is 0 Å². The van der Waals surface area contributed by atoms with Gasteiger partial charge in [0, 0.05) is 10.5 Å². The van der Waals surface area contributed by atoms with Crippen LogP contribution in [0.3, 0.4) is 0 Å². The minimum Gasteiger partial charge on any atom is -0.143 e. The van der Waals surface area contributed by atoms with Gasteiger partial charge in [-0.2, -0.15) is 0 Å². The average molecular weight is 183 g/mol. The van der Waals surface area contributed by atoms with Crippen LogP contribution in [0.1, 0.15) is 5.56 Å². The highest BCUT2D eigenvalue weighted by Crippen LogP contribution is 2.07. The Kier molecular flexibility index (Phi) is 3.35. The van der Waals surface area contributed by atoms with Crippen LogP contribution < -0.4 is 0 Å². The summed E-state index contributed by atoms with van der Waals surface area (Å²) in [6.07, 6.45) is 0. The van der Waals surface area contributed by atoms with Crippen molar-refractivity contribution in [1.29, 1.82) is 0 Å². The molecule has 2 heteroatoms. The molecule has 0 aliphatic carbocycles. The molecule has 0 saturated carbocycles. The highest BCUT2D eigenvalue weighted by atomic mass is 35.5. The lowest BCUT2D eigenvalue weighted by Gasteiger charge is -1.90. The Morgan fingerprint density at radius 3 is 2.91 bits per heavy atom. The quantitative estimate of drug-likeness (QED) is 0.356. The molecule has 11 heavy (non-hydrogen) atoms. The molecular weight excluding hydrogens is 176 g/mol. The standard InChI is InChI=1S/C9H7ClS/c10-6-2-4-8-3-1-5-9(11)7-8/h1,3,5,7,11H,6H2. The first-order valence-corrected chi connectivity index (χ1v) is 4.15. The van der Waals surface area contributed by atoms with Crippen molar-refractivity contribution in [2.45, 2.75) is 4.90 Å². The number of alkyl halides is 1. The Hall–Kier alpha value is -0.580. The highest BCUT2D eigenvalue weighted by molar-refractivity contribution is 7.80. The van der Waals surface area contributed by atoms with Crippen LogP contribution in [0.5, 0.6) is 0 Å². The molecular formula is C9H7ClS. The summed E-state index contributed by atoms with van der Waals surface area (Å²) in [6.45, 7) is 0. The van der Waals surface area contributed by atoms with E-state index in [4.69, 9.17) is 11.6 Å². The van der Waals surface area contributed by atoms with Gasteiger partial charge < -0.3 is 0 Å². The average Bonchev–Trinajstić information content (AvgIpc) is 2.01. The zero-order valence-corrected chi connectivity index (χ0v) is 7.49. The fraction of sp³-hybridized carbons (Fsp3) is 0.111. The fourth-order valence-electron chi connectivity index (χ4n) is 0.719. The molecule has 0 saturated heterocycles. The largest absolute Gasteiger partial charge is 0.143 e. The summed E-state index contributed by atoms with van der Waals surface area (Å²) in [4.78, 5) is 0.923.